The number of nitrogens with zero attached hydrogens (tertiary/aromatic N) is 2. The third-order valence-electron chi connectivity index (χ3n) is 5.15. The number of ether oxygens (including phenoxy) is 3. The first kappa shape index (κ1) is 24.6. The average molecular weight is 479 g/mol. The monoisotopic (exact) mass is 478 g/mol. The molecule has 2 aromatic rings. The van der Waals surface area contributed by atoms with Gasteiger partial charge in [-0.1, -0.05) is 18.5 Å². The van der Waals surface area contributed by atoms with Crippen LogP contribution in [0.4, 0.5) is 10.1 Å². The lowest BCUT2D eigenvalue weighted by atomic mass is 10.2. The van der Waals surface area contributed by atoms with Crippen LogP contribution < -0.4 is 14.4 Å². The van der Waals surface area contributed by atoms with E-state index in [-0.39, 0.29) is 28.9 Å². The van der Waals surface area contributed by atoms with E-state index in [1.165, 1.54) is 24.3 Å². The van der Waals surface area contributed by atoms with Gasteiger partial charge in [-0.05, 0) is 49.7 Å². The lowest BCUT2D eigenvalue weighted by Crippen LogP contribution is -2.49. The van der Waals surface area contributed by atoms with E-state index < -0.39 is 5.97 Å². The van der Waals surface area contributed by atoms with Gasteiger partial charge in [-0.15, -0.1) is 0 Å². The molecule has 33 heavy (non-hydrogen) atoms. The Morgan fingerprint density at radius 1 is 1.03 bits per heavy atom. The smallest absolute Gasteiger partial charge is 0.338 e. The number of anilines is 1. The molecule has 1 amide bonds. The highest BCUT2D eigenvalue weighted by molar-refractivity contribution is 6.32. The van der Waals surface area contributed by atoms with Crippen LogP contribution in [-0.2, 0) is 9.53 Å². The standard InChI is InChI=1S/C24H28ClFN2O5/c1-3-13-32-23-20(25)14-17(15-21(23)31-4-2)24(30)33-16-22(29)28-11-9-27(10-12-28)19-7-5-18(26)6-8-19/h5-8,14-15H,3-4,9-13,16H2,1-2H3. The Kier molecular flexibility index (Phi) is 8.77. The number of carbonyl (C=O) groups excluding carboxylic acids is 2. The maximum atomic E-state index is 13.1. The molecule has 0 aromatic heterocycles. The highest BCUT2D eigenvalue weighted by Gasteiger charge is 2.23. The summed E-state index contributed by atoms with van der Waals surface area (Å²) >= 11 is 6.29. The number of halogens is 2. The van der Waals surface area contributed by atoms with Gasteiger partial charge < -0.3 is 24.0 Å². The summed E-state index contributed by atoms with van der Waals surface area (Å²) in [6, 6.07) is 9.22. The average Bonchev–Trinajstić information content (AvgIpc) is 2.82. The Morgan fingerprint density at radius 3 is 2.36 bits per heavy atom. The maximum Gasteiger partial charge on any atom is 0.338 e. The van der Waals surface area contributed by atoms with Crippen LogP contribution in [0, 0.1) is 5.82 Å². The SMILES string of the molecule is CCCOc1c(Cl)cc(C(=O)OCC(=O)N2CCN(c3ccc(F)cc3)CC2)cc1OCC. The molecule has 0 bridgehead atoms. The van der Waals surface area contributed by atoms with Gasteiger partial charge in [-0.2, -0.15) is 0 Å². The fourth-order valence-electron chi connectivity index (χ4n) is 3.46. The molecule has 0 spiro atoms. The molecule has 0 atom stereocenters. The molecule has 7 nitrogen and oxygen atoms in total. The first-order valence-electron chi connectivity index (χ1n) is 11.0. The van der Waals surface area contributed by atoms with Crippen LogP contribution in [0.1, 0.15) is 30.6 Å². The van der Waals surface area contributed by atoms with Crippen molar-refractivity contribution in [3.05, 3.63) is 52.8 Å². The van der Waals surface area contributed by atoms with E-state index in [0.717, 1.165) is 12.1 Å². The minimum atomic E-state index is -0.668. The second-order valence-electron chi connectivity index (χ2n) is 7.49. The van der Waals surface area contributed by atoms with Crippen molar-refractivity contribution < 1.29 is 28.2 Å². The van der Waals surface area contributed by atoms with Gasteiger partial charge in [0.05, 0.1) is 23.8 Å². The zero-order valence-electron chi connectivity index (χ0n) is 18.8. The lowest BCUT2D eigenvalue weighted by molar-refractivity contribution is -0.134. The van der Waals surface area contributed by atoms with Crippen LogP contribution in [0.3, 0.4) is 0 Å². The zero-order valence-corrected chi connectivity index (χ0v) is 19.6. The molecule has 1 saturated heterocycles. The maximum absolute atomic E-state index is 13.1. The Morgan fingerprint density at radius 2 is 1.73 bits per heavy atom. The summed E-state index contributed by atoms with van der Waals surface area (Å²) in [5.41, 5.74) is 1.09. The third kappa shape index (κ3) is 6.51. The van der Waals surface area contributed by atoms with Gasteiger partial charge in [0, 0.05) is 31.9 Å². The molecule has 0 radical (unpaired) electrons. The summed E-state index contributed by atoms with van der Waals surface area (Å²) in [7, 11) is 0. The van der Waals surface area contributed by atoms with E-state index in [2.05, 4.69) is 4.90 Å². The van der Waals surface area contributed by atoms with Crippen LogP contribution in [0.15, 0.2) is 36.4 Å². The van der Waals surface area contributed by atoms with E-state index in [9.17, 15) is 14.0 Å². The molecule has 1 fully saturated rings. The van der Waals surface area contributed by atoms with Crippen molar-refractivity contribution in [3.8, 4) is 11.5 Å². The normalized spacial score (nSPS) is 13.6. The van der Waals surface area contributed by atoms with Gasteiger partial charge in [0.1, 0.15) is 5.82 Å². The largest absolute Gasteiger partial charge is 0.490 e. The van der Waals surface area contributed by atoms with Crippen molar-refractivity contribution in [2.45, 2.75) is 20.3 Å². The minimum Gasteiger partial charge on any atom is -0.490 e. The molecule has 3 rings (SSSR count). The molecular weight excluding hydrogens is 451 g/mol. The number of amides is 1. The first-order valence-corrected chi connectivity index (χ1v) is 11.3. The highest BCUT2D eigenvalue weighted by Crippen LogP contribution is 2.37. The molecule has 1 aliphatic rings. The lowest BCUT2D eigenvalue weighted by Gasteiger charge is -2.36. The van der Waals surface area contributed by atoms with E-state index in [0.29, 0.717) is 50.9 Å². The molecule has 0 saturated carbocycles. The van der Waals surface area contributed by atoms with Crippen molar-refractivity contribution >= 4 is 29.2 Å². The van der Waals surface area contributed by atoms with E-state index in [1.54, 1.807) is 17.0 Å². The van der Waals surface area contributed by atoms with Crippen LogP contribution in [0.5, 0.6) is 11.5 Å². The Labute approximate surface area is 198 Å². The summed E-state index contributed by atoms with van der Waals surface area (Å²) in [6.45, 7) is 6.44. The summed E-state index contributed by atoms with van der Waals surface area (Å²) < 4.78 is 29.5. The number of esters is 1. The number of piperazine rings is 1. The number of hydrogen-bond acceptors (Lipinski definition) is 6. The predicted molar refractivity (Wildman–Crippen MR) is 124 cm³/mol. The first-order chi connectivity index (χ1) is 15.9. The summed E-state index contributed by atoms with van der Waals surface area (Å²) in [4.78, 5) is 28.8. The van der Waals surface area contributed by atoms with Crippen molar-refractivity contribution in [2.24, 2.45) is 0 Å². The molecule has 0 aliphatic carbocycles. The van der Waals surface area contributed by atoms with Crippen molar-refractivity contribution in [3.63, 3.8) is 0 Å². The van der Waals surface area contributed by atoms with Gasteiger partial charge in [-0.25, -0.2) is 9.18 Å². The van der Waals surface area contributed by atoms with Gasteiger partial charge in [0.2, 0.25) is 0 Å². The number of benzene rings is 2. The zero-order chi connectivity index (χ0) is 23.8. The fraction of sp³-hybridized carbons (Fsp3) is 0.417. The molecule has 0 N–H and O–H groups in total. The van der Waals surface area contributed by atoms with Crippen molar-refractivity contribution in [1.29, 1.82) is 0 Å². The molecule has 178 valence electrons. The molecule has 0 unspecified atom stereocenters. The summed E-state index contributed by atoms with van der Waals surface area (Å²) in [6.07, 6.45) is 0.798. The van der Waals surface area contributed by atoms with Gasteiger partial charge in [-0.3, -0.25) is 4.79 Å². The third-order valence-corrected chi connectivity index (χ3v) is 5.43. The van der Waals surface area contributed by atoms with Gasteiger partial charge in [0.15, 0.2) is 18.1 Å². The Balaban J connectivity index is 1.55. The molecular formula is C24H28ClFN2O5. The van der Waals surface area contributed by atoms with Crippen molar-refractivity contribution in [2.75, 3.05) is 50.9 Å². The molecule has 1 heterocycles. The summed E-state index contributed by atoms with van der Waals surface area (Å²) in [5, 5.41) is 0.240. The molecule has 2 aromatic carbocycles. The molecule has 1 aliphatic heterocycles. The highest BCUT2D eigenvalue weighted by atomic mass is 35.5. The molecule has 9 heteroatoms. The Bertz CT molecular complexity index is 962. The van der Waals surface area contributed by atoms with Crippen molar-refractivity contribution in [1.82, 2.24) is 4.90 Å². The van der Waals surface area contributed by atoms with Crippen LogP contribution in [0.2, 0.25) is 5.02 Å². The summed E-state index contributed by atoms with van der Waals surface area (Å²) in [5.74, 6) is -0.493. The van der Waals surface area contributed by atoms with Crippen LogP contribution in [-0.4, -0.2) is 62.8 Å². The topological polar surface area (TPSA) is 68.3 Å². The fourth-order valence-corrected chi connectivity index (χ4v) is 3.73. The number of carbonyl (C=O) groups is 2. The van der Waals surface area contributed by atoms with E-state index in [1.807, 2.05) is 13.8 Å². The number of rotatable bonds is 9. The van der Waals surface area contributed by atoms with Crippen LogP contribution in [0.25, 0.3) is 0 Å². The number of hydrogen-bond donors (Lipinski definition) is 0. The Hall–Kier alpha value is -3.00. The predicted octanol–water partition coefficient (Wildman–Crippen LogP) is 4.17. The second kappa shape index (κ2) is 11.7. The minimum absolute atomic E-state index is 0.182. The quantitative estimate of drug-likeness (QED) is 0.504. The van der Waals surface area contributed by atoms with Gasteiger partial charge >= 0.3 is 5.97 Å². The van der Waals surface area contributed by atoms with E-state index in [4.69, 9.17) is 25.8 Å². The van der Waals surface area contributed by atoms with E-state index >= 15 is 0 Å². The van der Waals surface area contributed by atoms with Gasteiger partial charge in [0.25, 0.3) is 5.91 Å². The second-order valence-corrected chi connectivity index (χ2v) is 7.89. The van der Waals surface area contributed by atoms with Crippen LogP contribution >= 0.6 is 11.6 Å².